The molecular formula is C36H42N2O2. The quantitative estimate of drug-likeness (QED) is 0.232. The number of hydrogen-bond acceptors (Lipinski definition) is 4. The van der Waals surface area contributed by atoms with E-state index in [0.29, 0.717) is 17.8 Å². The minimum atomic E-state index is -0.295. The highest BCUT2D eigenvalue weighted by Crippen LogP contribution is 2.56. The molecule has 1 saturated carbocycles. The number of ether oxygens (including phenoxy) is 2. The normalized spacial score (nSPS) is 18.4. The summed E-state index contributed by atoms with van der Waals surface area (Å²) in [5.74, 6) is 5.08. The summed E-state index contributed by atoms with van der Waals surface area (Å²) in [4.78, 5) is 0. The number of nitrogen functional groups attached to an aromatic ring is 2. The van der Waals surface area contributed by atoms with Gasteiger partial charge in [0.2, 0.25) is 0 Å². The lowest BCUT2D eigenvalue weighted by molar-refractivity contribution is 0.156. The predicted molar refractivity (Wildman–Crippen MR) is 166 cm³/mol. The van der Waals surface area contributed by atoms with Gasteiger partial charge in [0, 0.05) is 27.9 Å². The Morgan fingerprint density at radius 2 is 1.12 bits per heavy atom. The molecule has 2 unspecified atom stereocenters. The third-order valence-corrected chi connectivity index (χ3v) is 8.61. The van der Waals surface area contributed by atoms with Crippen LogP contribution in [0.5, 0.6) is 23.0 Å². The molecule has 0 saturated heterocycles. The van der Waals surface area contributed by atoms with Gasteiger partial charge < -0.3 is 20.9 Å². The number of para-hydroxylation sites is 2. The zero-order valence-corrected chi connectivity index (χ0v) is 24.4. The van der Waals surface area contributed by atoms with E-state index in [4.69, 9.17) is 20.9 Å². The third-order valence-electron chi connectivity index (χ3n) is 8.61. The van der Waals surface area contributed by atoms with Crippen LogP contribution in [0.3, 0.4) is 0 Å². The maximum atomic E-state index is 6.72. The summed E-state index contributed by atoms with van der Waals surface area (Å²) in [6, 6.07) is 28.5. The predicted octanol–water partition coefficient (Wildman–Crippen LogP) is 9.43. The smallest absolute Gasteiger partial charge is 0.134 e. The van der Waals surface area contributed by atoms with Crippen molar-refractivity contribution in [3.63, 3.8) is 0 Å². The molecular weight excluding hydrogens is 492 g/mol. The molecule has 1 aliphatic carbocycles. The van der Waals surface area contributed by atoms with Crippen molar-refractivity contribution in [1.82, 2.24) is 0 Å². The van der Waals surface area contributed by atoms with Gasteiger partial charge in [-0.3, -0.25) is 0 Å². The van der Waals surface area contributed by atoms with Crippen molar-refractivity contribution < 1.29 is 9.47 Å². The average Bonchev–Trinajstić information content (AvgIpc) is 2.93. The Bertz CT molecular complexity index is 1360. The van der Waals surface area contributed by atoms with Gasteiger partial charge in [-0.05, 0) is 111 Å². The van der Waals surface area contributed by atoms with Crippen molar-refractivity contribution in [3.05, 3.63) is 107 Å². The van der Waals surface area contributed by atoms with E-state index in [2.05, 4.69) is 71.0 Å². The lowest BCUT2D eigenvalue weighted by Crippen LogP contribution is -2.39. The van der Waals surface area contributed by atoms with Gasteiger partial charge in [-0.25, -0.2) is 0 Å². The summed E-state index contributed by atoms with van der Waals surface area (Å²) in [7, 11) is 0. The first-order chi connectivity index (χ1) is 19.2. The Balaban J connectivity index is 1.73. The number of anilines is 2. The van der Waals surface area contributed by atoms with Crippen LogP contribution in [-0.4, -0.2) is 0 Å². The molecule has 0 aromatic heterocycles. The number of aryl methyl sites for hydroxylation is 2. The van der Waals surface area contributed by atoms with E-state index in [0.717, 1.165) is 58.3 Å². The van der Waals surface area contributed by atoms with Crippen molar-refractivity contribution in [2.45, 2.75) is 59.3 Å². The molecule has 0 spiro atoms. The van der Waals surface area contributed by atoms with Crippen molar-refractivity contribution in [2.24, 2.45) is 17.8 Å². The van der Waals surface area contributed by atoms with Crippen molar-refractivity contribution in [3.8, 4) is 23.0 Å². The van der Waals surface area contributed by atoms with Gasteiger partial charge in [-0.15, -0.1) is 0 Å². The second-order valence-corrected chi connectivity index (χ2v) is 12.1. The summed E-state index contributed by atoms with van der Waals surface area (Å²) in [5.41, 5.74) is 17.8. The van der Waals surface area contributed by atoms with E-state index in [1.54, 1.807) is 0 Å². The molecule has 0 heterocycles. The van der Waals surface area contributed by atoms with Gasteiger partial charge in [0.25, 0.3) is 0 Å². The molecule has 1 fully saturated rings. The number of hydrogen-bond donors (Lipinski definition) is 2. The van der Waals surface area contributed by atoms with Crippen LogP contribution in [0.1, 0.15) is 62.3 Å². The summed E-state index contributed by atoms with van der Waals surface area (Å²) in [6.45, 7) is 11.4. The molecule has 5 rings (SSSR count). The van der Waals surface area contributed by atoms with E-state index < -0.39 is 0 Å². The van der Waals surface area contributed by atoms with Gasteiger partial charge in [-0.1, -0.05) is 57.2 Å². The van der Waals surface area contributed by atoms with Crippen LogP contribution < -0.4 is 20.9 Å². The molecule has 4 aromatic rings. The standard InChI is InChI=1S/C36H42N2O2/c1-23(2)27-20-24(3)21-36(22-27,32-10-6-8-25(4)34(32)39-30-16-12-28(37)13-17-30)33-11-7-9-26(5)35(33)40-31-18-14-29(38)15-19-31/h6-19,23-24,27H,20-22,37-38H2,1-5H3. The molecule has 4 N–H and O–H groups in total. The van der Waals surface area contributed by atoms with Crippen LogP contribution in [0.2, 0.25) is 0 Å². The first kappa shape index (κ1) is 27.6. The largest absolute Gasteiger partial charge is 0.457 e. The van der Waals surface area contributed by atoms with Crippen molar-refractivity contribution in [1.29, 1.82) is 0 Å². The maximum absolute atomic E-state index is 6.72. The first-order valence-corrected chi connectivity index (χ1v) is 14.4. The summed E-state index contributed by atoms with van der Waals surface area (Å²) in [5, 5.41) is 0. The van der Waals surface area contributed by atoms with Crippen LogP contribution in [0.4, 0.5) is 11.4 Å². The zero-order valence-electron chi connectivity index (χ0n) is 24.4. The first-order valence-electron chi connectivity index (χ1n) is 14.4. The van der Waals surface area contributed by atoms with E-state index in [9.17, 15) is 0 Å². The highest BCUT2D eigenvalue weighted by molar-refractivity contribution is 5.58. The number of benzene rings is 4. The third kappa shape index (κ3) is 5.54. The fourth-order valence-corrected chi connectivity index (χ4v) is 6.54. The average molecular weight is 535 g/mol. The SMILES string of the molecule is Cc1cccc(C2(c3cccc(C)c3Oc3ccc(N)cc3)CC(C)CC(C(C)C)C2)c1Oc1ccc(N)cc1. The van der Waals surface area contributed by atoms with Gasteiger partial charge in [0.15, 0.2) is 0 Å². The Kier molecular flexibility index (Phi) is 7.80. The van der Waals surface area contributed by atoms with E-state index in [1.165, 1.54) is 17.5 Å². The molecule has 4 heteroatoms. The molecule has 208 valence electrons. The Morgan fingerprint density at radius 1 is 0.675 bits per heavy atom. The van der Waals surface area contributed by atoms with Gasteiger partial charge in [0.1, 0.15) is 23.0 Å². The molecule has 0 radical (unpaired) electrons. The Morgan fingerprint density at radius 3 is 1.55 bits per heavy atom. The van der Waals surface area contributed by atoms with Crippen molar-refractivity contribution in [2.75, 3.05) is 11.5 Å². The number of nitrogens with two attached hydrogens (primary N) is 2. The molecule has 0 amide bonds. The van der Waals surface area contributed by atoms with E-state index in [-0.39, 0.29) is 5.41 Å². The van der Waals surface area contributed by atoms with Gasteiger partial charge in [0.05, 0.1) is 0 Å². The molecule has 0 aliphatic heterocycles. The molecule has 40 heavy (non-hydrogen) atoms. The molecule has 4 aromatic carbocycles. The summed E-state index contributed by atoms with van der Waals surface area (Å²) < 4.78 is 13.4. The van der Waals surface area contributed by atoms with E-state index in [1.807, 2.05) is 48.5 Å². The van der Waals surface area contributed by atoms with Crippen LogP contribution in [0, 0.1) is 31.6 Å². The van der Waals surface area contributed by atoms with Crippen LogP contribution in [-0.2, 0) is 5.41 Å². The lowest BCUT2D eigenvalue weighted by Gasteiger charge is -2.47. The van der Waals surface area contributed by atoms with Crippen LogP contribution >= 0.6 is 0 Å². The van der Waals surface area contributed by atoms with Gasteiger partial charge in [-0.2, -0.15) is 0 Å². The lowest BCUT2D eigenvalue weighted by atomic mass is 9.57. The Hall–Kier alpha value is -3.92. The topological polar surface area (TPSA) is 70.5 Å². The zero-order chi connectivity index (χ0) is 28.4. The highest BCUT2D eigenvalue weighted by Gasteiger charge is 2.46. The summed E-state index contributed by atoms with van der Waals surface area (Å²) in [6.07, 6.45) is 3.26. The second kappa shape index (κ2) is 11.3. The Labute approximate surface area is 239 Å². The fraction of sp³-hybridized carbons (Fsp3) is 0.333. The monoisotopic (exact) mass is 534 g/mol. The highest BCUT2D eigenvalue weighted by atomic mass is 16.5. The van der Waals surface area contributed by atoms with E-state index >= 15 is 0 Å². The molecule has 2 atom stereocenters. The molecule has 4 nitrogen and oxygen atoms in total. The molecule has 0 bridgehead atoms. The van der Waals surface area contributed by atoms with Crippen LogP contribution in [0.15, 0.2) is 84.9 Å². The summed E-state index contributed by atoms with van der Waals surface area (Å²) >= 11 is 0. The minimum Gasteiger partial charge on any atom is -0.457 e. The maximum Gasteiger partial charge on any atom is 0.134 e. The van der Waals surface area contributed by atoms with Crippen LogP contribution in [0.25, 0.3) is 0 Å². The second-order valence-electron chi connectivity index (χ2n) is 12.1. The fourth-order valence-electron chi connectivity index (χ4n) is 6.54. The minimum absolute atomic E-state index is 0.295. The van der Waals surface area contributed by atoms with Crippen molar-refractivity contribution >= 4 is 11.4 Å². The number of rotatable bonds is 7. The van der Waals surface area contributed by atoms with Gasteiger partial charge >= 0.3 is 0 Å². The molecule has 1 aliphatic rings.